The highest BCUT2D eigenvalue weighted by Gasteiger charge is 2.24. The molecule has 1 saturated heterocycles. The van der Waals surface area contributed by atoms with E-state index < -0.39 is 5.91 Å². The number of nitrogens with one attached hydrogen (secondary N) is 1. The van der Waals surface area contributed by atoms with E-state index in [9.17, 15) is 9.59 Å². The second-order valence-electron chi connectivity index (χ2n) is 7.49. The number of primary amides is 1. The first-order chi connectivity index (χ1) is 13.6. The Morgan fingerprint density at radius 1 is 1.18 bits per heavy atom. The molecule has 1 aliphatic heterocycles. The van der Waals surface area contributed by atoms with Crippen molar-refractivity contribution in [3.8, 4) is 0 Å². The molecule has 1 aliphatic carbocycles. The topological polar surface area (TPSA) is 118 Å². The van der Waals surface area contributed by atoms with Crippen molar-refractivity contribution >= 4 is 28.7 Å². The molecule has 3 heterocycles. The summed E-state index contributed by atoms with van der Waals surface area (Å²) >= 11 is 0. The highest BCUT2D eigenvalue weighted by atomic mass is 16.3. The van der Waals surface area contributed by atoms with Crippen molar-refractivity contribution in [1.29, 1.82) is 0 Å². The van der Waals surface area contributed by atoms with Crippen LogP contribution in [0.15, 0.2) is 16.8 Å². The van der Waals surface area contributed by atoms with Crippen LogP contribution in [0.1, 0.15) is 36.2 Å². The number of hydrogen-bond donors (Lipinski definition) is 2. The lowest BCUT2D eigenvalue weighted by molar-refractivity contribution is -0.124. The van der Waals surface area contributed by atoms with Crippen molar-refractivity contribution in [2.45, 2.75) is 25.7 Å². The molecule has 0 radical (unpaired) electrons. The second kappa shape index (κ2) is 8.14. The molecule has 9 nitrogen and oxygen atoms in total. The van der Waals surface area contributed by atoms with Gasteiger partial charge in [-0.2, -0.15) is 0 Å². The SMILES string of the molecule is NC(=O)c1cc2ncnc(N3CCN(CCNC(=O)C4CCCC4)CC3)c2o1. The number of amides is 2. The molecule has 0 unspecified atom stereocenters. The van der Waals surface area contributed by atoms with Gasteiger partial charge in [0.15, 0.2) is 17.2 Å². The summed E-state index contributed by atoms with van der Waals surface area (Å²) in [6, 6.07) is 1.55. The van der Waals surface area contributed by atoms with Crippen molar-refractivity contribution in [1.82, 2.24) is 20.2 Å². The molecular formula is C19H26N6O3. The van der Waals surface area contributed by atoms with Crippen molar-refractivity contribution in [2.75, 3.05) is 44.2 Å². The lowest BCUT2D eigenvalue weighted by Gasteiger charge is -2.35. The Morgan fingerprint density at radius 2 is 1.93 bits per heavy atom. The number of hydrogen-bond acceptors (Lipinski definition) is 7. The van der Waals surface area contributed by atoms with Gasteiger partial charge in [0.25, 0.3) is 5.91 Å². The van der Waals surface area contributed by atoms with Crippen LogP contribution in [0.2, 0.25) is 0 Å². The van der Waals surface area contributed by atoms with Crippen LogP contribution in [0.3, 0.4) is 0 Å². The predicted octanol–water partition coefficient (Wildman–Crippen LogP) is 0.750. The minimum atomic E-state index is -0.617. The molecule has 150 valence electrons. The summed E-state index contributed by atoms with van der Waals surface area (Å²) in [6.07, 6.45) is 5.88. The molecule has 9 heteroatoms. The Bertz CT molecular complexity index is 852. The molecule has 2 fully saturated rings. The average molecular weight is 386 g/mol. The fraction of sp³-hybridized carbons (Fsp3) is 0.579. The Labute approximate surface area is 163 Å². The molecule has 4 rings (SSSR count). The van der Waals surface area contributed by atoms with Crippen LogP contribution >= 0.6 is 0 Å². The molecule has 1 saturated carbocycles. The summed E-state index contributed by atoms with van der Waals surface area (Å²) in [5, 5.41) is 3.08. The first-order valence-corrected chi connectivity index (χ1v) is 9.91. The molecule has 0 aromatic carbocycles. The normalized spacial score (nSPS) is 18.6. The van der Waals surface area contributed by atoms with Crippen LogP contribution in [-0.2, 0) is 4.79 Å². The van der Waals surface area contributed by atoms with Gasteiger partial charge in [0, 0.05) is 51.3 Å². The van der Waals surface area contributed by atoms with Gasteiger partial charge in [0.05, 0.1) is 0 Å². The number of nitrogens with two attached hydrogens (primary N) is 1. The smallest absolute Gasteiger partial charge is 0.284 e. The third-order valence-corrected chi connectivity index (χ3v) is 5.66. The van der Waals surface area contributed by atoms with E-state index in [4.69, 9.17) is 10.2 Å². The molecule has 28 heavy (non-hydrogen) atoms. The molecular weight excluding hydrogens is 360 g/mol. The van der Waals surface area contributed by atoms with E-state index in [-0.39, 0.29) is 17.6 Å². The number of carbonyl (C=O) groups is 2. The number of anilines is 1. The fourth-order valence-electron chi connectivity index (χ4n) is 4.04. The summed E-state index contributed by atoms with van der Waals surface area (Å²) in [7, 11) is 0. The largest absolute Gasteiger partial charge is 0.445 e. The van der Waals surface area contributed by atoms with E-state index in [0.29, 0.717) is 23.5 Å². The number of nitrogens with zero attached hydrogens (tertiary/aromatic N) is 4. The van der Waals surface area contributed by atoms with E-state index in [0.717, 1.165) is 45.6 Å². The zero-order valence-corrected chi connectivity index (χ0v) is 15.9. The zero-order valence-electron chi connectivity index (χ0n) is 15.9. The molecule has 0 spiro atoms. The van der Waals surface area contributed by atoms with Gasteiger partial charge in [-0.3, -0.25) is 14.5 Å². The highest BCUT2D eigenvalue weighted by molar-refractivity contribution is 5.96. The van der Waals surface area contributed by atoms with E-state index >= 15 is 0 Å². The number of fused-ring (bicyclic) bond motifs is 1. The third kappa shape index (κ3) is 3.94. The maximum atomic E-state index is 12.1. The van der Waals surface area contributed by atoms with Gasteiger partial charge in [-0.05, 0) is 12.8 Å². The minimum absolute atomic E-state index is 0.0911. The Balaban J connectivity index is 1.30. The minimum Gasteiger partial charge on any atom is -0.445 e. The summed E-state index contributed by atoms with van der Waals surface area (Å²) in [6.45, 7) is 4.85. The second-order valence-corrected chi connectivity index (χ2v) is 7.49. The number of rotatable bonds is 6. The van der Waals surface area contributed by atoms with E-state index in [1.807, 2.05) is 0 Å². The predicted molar refractivity (Wildman–Crippen MR) is 104 cm³/mol. The first kappa shape index (κ1) is 18.7. The molecule has 3 N–H and O–H groups in total. The van der Waals surface area contributed by atoms with E-state index in [2.05, 4.69) is 25.1 Å². The maximum Gasteiger partial charge on any atom is 0.284 e. The van der Waals surface area contributed by atoms with Gasteiger partial charge in [0.2, 0.25) is 5.91 Å². The van der Waals surface area contributed by atoms with Crippen LogP contribution in [0.5, 0.6) is 0 Å². The van der Waals surface area contributed by atoms with Crippen molar-refractivity contribution in [3.05, 3.63) is 18.2 Å². The average Bonchev–Trinajstić information content (AvgIpc) is 3.38. The van der Waals surface area contributed by atoms with Crippen molar-refractivity contribution in [2.24, 2.45) is 11.7 Å². The Morgan fingerprint density at radius 3 is 2.64 bits per heavy atom. The van der Waals surface area contributed by atoms with Crippen LogP contribution in [0, 0.1) is 5.92 Å². The third-order valence-electron chi connectivity index (χ3n) is 5.66. The maximum absolute atomic E-state index is 12.1. The molecule has 2 amide bonds. The van der Waals surface area contributed by atoms with Crippen molar-refractivity contribution in [3.63, 3.8) is 0 Å². The molecule has 0 bridgehead atoms. The van der Waals surface area contributed by atoms with E-state index in [1.54, 1.807) is 6.07 Å². The van der Waals surface area contributed by atoms with Crippen LogP contribution in [-0.4, -0.2) is 66.0 Å². The molecule has 2 aromatic heterocycles. The van der Waals surface area contributed by atoms with Crippen LogP contribution in [0.25, 0.3) is 11.1 Å². The van der Waals surface area contributed by atoms with Crippen LogP contribution in [0.4, 0.5) is 5.82 Å². The summed E-state index contributed by atoms with van der Waals surface area (Å²) in [4.78, 5) is 36.4. The summed E-state index contributed by atoms with van der Waals surface area (Å²) in [5.41, 5.74) is 6.37. The van der Waals surface area contributed by atoms with Gasteiger partial charge in [-0.25, -0.2) is 9.97 Å². The lowest BCUT2D eigenvalue weighted by atomic mass is 10.1. The summed E-state index contributed by atoms with van der Waals surface area (Å²) < 4.78 is 5.58. The van der Waals surface area contributed by atoms with Gasteiger partial charge in [-0.15, -0.1) is 0 Å². The fourth-order valence-corrected chi connectivity index (χ4v) is 4.04. The lowest BCUT2D eigenvalue weighted by Crippen LogP contribution is -2.49. The first-order valence-electron chi connectivity index (χ1n) is 9.91. The Kier molecular flexibility index (Phi) is 5.43. The molecule has 2 aliphatic rings. The summed E-state index contributed by atoms with van der Waals surface area (Å²) in [5.74, 6) is 0.590. The van der Waals surface area contributed by atoms with Gasteiger partial charge in [-0.1, -0.05) is 12.8 Å². The van der Waals surface area contributed by atoms with Crippen molar-refractivity contribution < 1.29 is 14.0 Å². The number of piperazine rings is 1. The zero-order chi connectivity index (χ0) is 19.5. The molecule has 0 atom stereocenters. The van der Waals surface area contributed by atoms with E-state index in [1.165, 1.54) is 19.2 Å². The number of carbonyl (C=O) groups excluding carboxylic acids is 2. The van der Waals surface area contributed by atoms with Gasteiger partial charge >= 0.3 is 0 Å². The quantitative estimate of drug-likeness (QED) is 0.752. The Hall–Kier alpha value is -2.68. The molecule has 2 aromatic rings. The number of furan rings is 1. The van der Waals surface area contributed by atoms with Gasteiger partial charge < -0.3 is 20.4 Å². The van der Waals surface area contributed by atoms with Gasteiger partial charge in [0.1, 0.15) is 11.8 Å². The monoisotopic (exact) mass is 386 g/mol. The number of aromatic nitrogens is 2. The standard InChI is InChI=1S/C19H26N6O3/c20-17(26)15-11-14-16(28-15)18(23-12-22-14)25-9-7-24(8-10-25)6-5-21-19(27)13-3-1-2-4-13/h11-13H,1-10H2,(H2,20,26)(H,21,27). The highest BCUT2D eigenvalue weighted by Crippen LogP contribution is 2.27. The van der Waals surface area contributed by atoms with Crippen LogP contribution < -0.4 is 16.0 Å².